The number of rotatable bonds is 7. The highest BCUT2D eigenvalue weighted by Crippen LogP contribution is 2.42. The number of hydrogen-bond donors (Lipinski definition) is 0. The predicted octanol–water partition coefficient (Wildman–Crippen LogP) is 4.83. The first-order valence-corrected chi connectivity index (χ1v) is 12.2. The summed E-state index contributed by atoms with van der Waals surface area (Å²) in [5, 5.41) is 0. The van der Waals surface area contributed by atoms with Crippen LogP contribution in [-0.4, -0.2) is 48.1 Å². The van der Waals surface area contributed by atoms with Crippen LogP contribution >= 0.6 is 0 Å². The molecule has 4 aromatic rings. The Balaban J connectivity index is 1.38. The molecule has 6 rings (SSSR count). The molecule has 1 aliphatic carbocycles. The van der Waals surface area contributed by atoms with Crippen molar-refractivity contribution in [3.63, 3.8) is 0 Å². The van der Waals surface area contributed by atoms with Crippen LogP contribution in [-0.2, 0) is 4.79 Å². The van der Waals surface area contributed by atoms with E-state index in [0.717, 1.165) is 29.9 Å². The van der Waals surface area contributed by atoms with Gasteiger partial charge in [0.2, 0.25) is 5.91 Å². The molecule has 2 aromatic carbocycles. The SMILES string of the molecule is COc1cc(OC)cc(C(=O)N(CC(=O)N2c3ccccc3-n3cccc3C2c2ccco2)C2CC2)c1. The average molecular weight is 498 g/mol. The third kappa shape index (κ3) is 4.04. The number of amides is 2. The first kappa shape index (κ1) is 23.0. The van der Waals surface area contributed by atoms with Gasteiger partial charge in [0.05, 0.1) is 37.6 Å². The predicted molar refractivity (Wildman–Crippen MR) is 137 cm³/mol. The molecule has 2 amide bonds. The van der Waals surface area contributed by atoms with E-state index in [1.807, 2.05) is 54.7 Å². The molecule has 0 spiro atoms. The molecule has 8 heteroatoms. The maximum atomic E-state index is 14.2. The molecular weight excluding hydrogens is 470 g/mol. The Morgan fingerprint density at radius 3 is 2.32 bits per heavy atom. The minimum atomic E-state index is -0.458. The van der Waals surface area contributed by atoms with E-state index in [1.165, 1.54) is 0 Å². The summed E-state index contributed by atoms with van der Waals surface area (Å²) in [6.07, 6.45) is 5.33. The van der Waals surface area contributed by atoms with Crippen molar-refractivity contribution < 1.29 is 23.5 Å². The van der Waals surface area contributed by atoms with Gasteiger partial charge in [-0.25, -0.2) is 0 Å². The average Bonchev–Trinajstić information content (AvgIpc) is 3.40. The van der Waals surface area contributed by atoms with Crippen molar-refractivity contribution in [2.75, 3.05) is 25.7 Å². The number of para-hydroxylation sites is 2. The maximum absolute atomic E-state index is 14.2. The van der Waals surface area contributed by atoms with E-state index in [-0.39, 0.29) is 24.4 Å². The van der Waals surface area contributed by atoms with E-state index in [1.54, 1.807) is 48.5 Å². The molecule has 2 aliphatic rings. The van der Waals surface area contributed by atoms with Gasteiger partial charge >= 0.3 is 0 Å². The van der Waals surface area contributed by atoms with Gasteiger partial charge < -0.3 is 23.4 Å². The second-order valence-electron chi connectivity index (χ2n) is 9.24. The smallest absolute Gasteiger partial charge is 0.254 e. The Morgan fingerprint density at radius 2 is 1.68 bits per heavy atom. The van der Waals surface area contributed by atoms with E-state index < -0.39 is 6.04 Å². The molecule has 2 aromatic heterocycles. The lowest BCUT2D eigenvalue weighted by molar-refractivity contribution is -0.120. The summed E-state index contributed by atoms with van der Waals surface area (Å²) in [5.41, 5.74) is 3.01. The van der Waals surface area contributed by atoms with E-state index in [4.69, 9.17) is 13.9 Å². The van der Waals surface area contributed by atoms with Gasteiger partial charge in [0.15, 0.2) is 0 Å². The highest BCUT2D eigenvalue weighted by atomic mass is 16.5. The number of methoxy groups -OCH3 is 2. The number of furan rings is 1. The lowest BCUT2D eigenvalue weighted by Gasteiger charge is -2.38. The Morgan fingerprint density at radius 1 is 0.946 bits per heavy atom. The van der Waals surface area contributed by atoms with Crippen molar-refractivity contribution >= 4 is 17.5 Å². The molecule has 1 atom stereocenters. The van der Waals surface area contributed by atoms with E-state index in [9.17, 15) is 9.59 Å². The van der Waals surface area contributed by atoms with Gasteiger partial charge in [0.1, 0.15) is 29.8 Å². The first-order chi connectivity index (χ1) is 18.1. The molecule has 0 saturated heterocycles. The van der Waals surface area contributed by atoms with Crippen LogP contribution in [0.5, 0.6) is 11.5 Å². The molecule has 1 unspecified atom stereocenters. The number of hydrogen-bond acceptors (Lipinski definition) is 5. The Kier molecular flexibility index (Phi) is 5.71. The van der Waals surface area contributed by atoms with E-state index in [0.29, 0.717) is 22.8 Å². The fourth-order valence-electron chi connectivity index (χ4n) is 5.05. The van der Waals surface area contributed by atoms with Crippen LogP contribution in [0.25, 0.3) is 5.69 Å². The second kappa shape index (κ2) is 9.20. The summed E-state index contributed by atoms with van der Waals surface area (Å²) in [6, 6.07) is 20.1. The summed E-state index contributed by atoms with van der Waals surface area (Å²) >= 11 is 0. The van der Waals surface area contributed by atoms with Crippen LogP contribution in [0.1, 0.15) is 40.7 Å². The first-order valence-electron chi connectivity index (χ1n) is 12.2. The van der Waals surface area contributed by atoms with Gasteiger partial charge in [-0.3, -0.25) is 14.5 Å². The fourth-order valence-corrected chi connectivity index (χ4v) is 5.05. The fraction of sp³-hybridized carbons (Fsp3) is 0.241. The third-order valence-electron chi connectivity index (χ3n) is 6.95. The molecule has 1 fully saturated rings. The van der Waals surface area contributed by atoms with Crippen LogP contribution in [0.4, 0.5) is 5.69 Å². The summed E-state index contributed by atoms with van der Waals surface area (Å²) in [7, 11) is 3.09. The van der Waals surface area contributed by atoms with Crippen LogP contribution in [0.2, 0.25) is 0 Å². The van der Waals surface area contributed by atoms with Crippen LogP contribution in [0.3, 0.4) is 0 Å². The number of carbonyl (C=O) groups excluding carboxylic acids is 2. The van der Waals surface area contributed by atoms with Crippen molar-refractivity contribution in [3.8, 4) is 17.2 Å². The molecule has 8 nitrogen and oxygen atoms in total. The van der Waals surface area contributed by atoms with Gasteiger partial charge in [-0.1, -0.05) is 12.1 Å². The highest BCUT2D eigenvalue weighted by Gasteiger charge is 2.41. The van der Waals surface area contributed by atoms with Crippen molar-refractivity contribution in [2.45, 2.75) is 24.9 Å². The molecule has 3 heterocycles. The maximum Gasteiger partial charge on any atom is 0.254 e. The molecular formula is C29H27N3O5. The van der Waals surface area contributed by atoms with E-state index >= 15 is 0 Å². The van der Waals surface area contributed by atoms with Gasteiger partial charge in [0.25, 0.3) is 5.91 Å². The zero-order chi connectivity index (χ0) is 25.5. The minimum absolute atomic E-state index is 0.0135. The zero-order valence-electron chi connectivity index (χ0n) is 20.7. The topological polar surface area (TPSA) is 77.2 Å². The van der Waals surface area contributed by atoms with Gasteiger partial charge in [-0.15, -0.1) is 0 Å². The van der Waals surface area contributed by atoms with Crippen LogP contribution < -0.4 is 14.4 Å². The summed E-state index contributed by atoms with van der Waals surface area (Å²) in [5.74, 6) is 1.29. The molecule has 1 saturated carbocycles. The summed E-state index contributed by atoms with van der Waals surface area (Å²) in [4.78, 5) is 31.3. The van der Waals surface area contributed by atoms with Gasteiger partial charge in [-0.05, 0) is 61.4 Å². The second-order valence-corrected chi connectivity index (χ2v) is 9.24. The number of benzene rings is 2. The van der Waals surface area contributed by atoms with Crippen molar-refractivity contribution in [1.82, 2.24) is 9.47 Å². The quantitative estimate of drug-likeness (QED) is 0.366. The number of anilines is 1. The normalized spacial score (nSPS) is 16.1. The Bertz CT molecular complexity index is 1430. The lowest BCUT2D eigenvalue weighted by Crippen LogP contribution is -2.47. The highest BCUT2D eigenvalue weighted by molar-refractivity contribution is 6.03. The number of carbonyl (C=O) groups is 2. The largest absolute Gasteiger partial charge is 0.497 e. The number of fused-ring (bicyclic) bond motifs is 3. The van der Waals surface area contributed by atoms with E-state index in [2.05, 4.69) is 4.57 Å². The molecule has 37 heavy (non-hydrogen) atoms. The van der Waals surface area contributed by atoms with Crippen LogP contribution in [0.15, 0.2) is 83.6 Å². The lowest BCUT2D eigenvalue weighted by atomic mass is 10.0. The Labute approximate surface area is 214 Å². The minimum Gasteiger partial charge on any atom is -0.497 e. The van der Waals surface area contributed by atoms with Crippen molar-refractivity contribution in [2.24, 2.45) is 0 Å². The van der Waals surface area contributed by atoms with Crippen molar-refractivity contribution in [1.29, 1.82) is 0 Å². The Hall–Kier alpha value is -4.46. The number of ether oxygens (including phenoxy) is 2. The van der Waals surface area contributed by atoms with Gasteiger partial charge in [-0.2, -0.15) is 0 Å². The summed E-state index contributed by atoms with van der Waals surface area (Å²) in [6.45, 7) is -0.0602. The summed E-state index contributed by atoms with van der Waals surface area (Å²) < 4.78 is 18.6. The zero-order valence-corrected chi connectivity index (χ0v) is 20.7. The van der Waals surface area contributed by atoms with Gasteiger partial charge in [0, 0.05) is 23.9 Å². The third-order valence-corrected chi connectivity index (χ3v) is 6.95. The van der Waals surface area contributed by atoms with Crippen molar-refractivity contribution in [3.05, 3.63) is 96.2 Å². The standard InChI is InChI=1S/C29H27N3O5/c1-35-21-15-19(16-22(17-21)36-2)29(34)31(20-11-12-20)18-27(33)32-24-8-4-3-7-23(24)30-13-5-9-25(30)28(32)26-10-6-14-37-26/h3-10,13-17,20,28H,11-12,18H2,1-2H3. The molecule has 0 bridgehead atoms. The monoisotopic (exact) mass is 497 g/mol. The molecule has 0 radical (unpaired) electrons. The molecule has 1 aliphatic heterocycles. The number of aromatic nitrogens is 1. The number of nitrogens with zero attached hydrogens (tertiary/aromatic N) is 3. The molecule has 188 valence electrons. The molecule has 0 N–H and O–H groups in total. The van der Waals surface area contributed by atoms with Crippen LogP contribution in [0, 0.1) is 0 Å².